The van der Waals surface area contributed by atoms with Crippen LogP contribution in [0.5, 0.6) is 0 Å². The lowest BCUT2D eigenvalue weighted by Gasteiger charge is -2.07. The standard InChI is InChI=1S/C16H16F2N2O/c17-13-5-7-14(8-6-13)20-16(21)9-10-19-11-12-3-1-2-4-15(12)18/h1-8,19H,9-11H2,(H,20,21). The summed E-state index contributed by atoms with van der Waals surface area (Å²) in [7, 11) is 0. The molecule has 0 heterocycles. The van der Waals surface area contributed by atoms with Gasteiger partial charge < -0.3 is 10.6 Å². The van der Waals surface area contributed by atoms with Crippen molar-refractivity contribution in [3.63, 3.8) is 0 Å². The summed E-state index contributed by atoms with van der Waals surface area (Å²) in [6.07, 6.45) is 0.256. The summed E-state index contributed by atoms with van der Waals surface area (Å²) >= 11 is 0. The van der Waals surface area contributed by atoms with Crippen LogP contribution in [0.3, 0.4) is 0 Å². The van der Waals surface area contributed by atoms with E-state index in [1.165, 1.54) is 30.3 Å². The Bertz CT molecular complexity index is 599. The van der Waals surface area contributed by atoms with E-state index in [-0.39, 0.29) is 24.0 Å². The average Bonchev–Trinajstić information content (AvgIpc) is 2.48. The normalized spacial score (nSPS) is 10.4. The molecule has 2 aromatic carbocycles. The highest BCUT2D eigenvalue weighted by Crippen LogP contribution is 2.08. The van der Waals surface area contributed by atoms with E-state index < -0.39 is 0 Å². The van der Waals surface area contributed by atoms with E-state index in [9.17, 15) is 13.6 Å². The highest BCUT2D eigenvalue weighted by atomic mass is 19.1. The van der Waals surface area contributed by atoms with Gasteiger partial charge in [-0.05, 0) is 30.3 Å². The Balaban J connectivity index is 1.70. The summed E-state index contributed by atoms with van der Waals surface area (Å²) < 4.78 is 26.1. The lowest BCUT2D eigenvalue weighted by atomic mass is 10.2. The fourth-order valence-electron chi connectivity index (χ4n) is 1.82. The predicted molar refractivity (Wildman–Crippen MR) is 77.8 cm³/mol. The molecule has 0 spiro atoms. The minimum atomic E-state index is -0.348. The van der Waals surface area contributed by atoms with Crippen LogP contribution in [0.2, 0.25) is 0 Å². The van der Waals surface area contributed by atoms with Gasteiger partial charge in [-0.25, -0.2) is 8.78 Å². The fraction of sp³-hybridized carbons (Fsp3) is 0.188. The monoisotopic (exact) mass is 290 g/mol. The van der Waals surface area contributed by atoms with Crippen LogP contribution in [0.25, 0.3) is 0 Å². The van der Waals surface area contributed by atoms with Crippen molar-refractivity contribution in [1.82, 2.24) is 5.32 Å². The van der Waals surface area contributed by atoms with E-state index in [4.69, 9.17) is 0 Å². The second-order valence-electron chi connectivity index (χ2n) is 4.57. The molecule has 1 amide bonds. The van der Waals surface area contributed by atoms with Gasteiger partial charge in [-0.2, -0.15) is 0 Å². The van der Waals surface area contributed by atoms with Crippen molar-refractivity contribution in [2.45, 2.75) is 13.0 Å². The summed E-state index contributed by atoms with van der Waals surface area (Å²) in [6.45, 7) is 0.803. The zero-order valence-corrected chi connectivity index (χ0v) is 11.4. The zero-order chi connectivity index (χ0) is 15.1. The van der Waals surface area contributed by atoms with Crippen molar-refractivity contribution in [1.29, 1.82) is 0 Å². The minimum Gasteiger partial charge on any atom is -0.326 e. The van der Waals surface area contributed by atoms with Crippen LogP contribution in [0.4, 0.5) is 14.5 Å². The molecule has 0 aliphatic carbocycles. The number of amides is 1. The molecule has 3 nitrogen and oxygen atoms in total. The number of hydrogen-bond acceptors (Lipinski definition) is 2. The molecule has 2 aromatic rings. The Kier molecular flexibility index (Phi) is 5.40. The third-order valence-corrected chi connectivity index (χ3v) is 2.93. The molecule has 0 aliphatic heterocycles. The number of rotatable bonds is 6. The zero-order valence-electron chi connectivity index (χ0n) is 11.4. The third-order valence-electron chi connectivity index (χ3n) is 2.93. The quantitative estimate of drug-likeness (QED) is 0.803. The molecule has 0 bridgehead atoms. The Morgan fingerprint density at radius 2 is 1.71 bits per heavy atom. The lowest BCUT2D eigenvalue weighted by Crippen LogP contribution is -2.21. The molecular formula is C16H16F2N2O. The maximum atomic E-state index is 13.3. The first-order valence-electron chi connectivity index (χ1n) is 6.65. The Morgan fingerprint density at radius 3 is 2.43 bits per heavy atom. The van der Waals surface area contributed by atoms with E-state index in [1.54, 1.807) is 18.2 Å². The molecule has 0 saturated heterocycles. The summed E-state index contributed by atoms with van der Waals surface area (Å²) in [5.74, 6) is -0.789. The number of anilines is 1. The summed E-state index contributed by atoms with van der Waals surface area (Å²) in [4.78, 5) is 11.7. The summed E-state index contributed by atoms with van der Waals surface area (Å²) in [5.41, 5.74) is 1.12. The van der Waals surface area contributed by atoms with Gasteiger partial charge in [-0.15, -0.1) is 0 Å². The second kappa shape index (κ2) is 7.50. The number of nitrogens with one attached hydrogen (secondary N) is 2. The maximum absolute atomic E-state index is 13.3. The number of carbonyl (C=O) groups excluding carboxylic acids is 1. The number of benzene rings is 2. The molecule has 110 valence electrons. The smallest absolute Gasteiger partial charge is 0.225 e. The molecule has 0 unspecified atom stereocenters. The van der Waals surface area contributed by atoms with Crippen LogP contribution in [0, 0.1) is 11.6 Å². The Hall–Kier alpha value is -2.27. The van der Waals surface area contributed by atoms with Crippen LogP contribution in [-0.4, -0.2) is 12.5 Å². The summed E-state index contributed by atoms with van der Waals surface area (Å²) in [6, 6.07) is 12.1. The van der Waals surface area contributed by atoms with Crippen LogP contribution in [0.15, 0.2) is 48.5 Å². The Morgan fingerprint density at radius 1 is 1.00 bits per heavy atom. The second-order valence-corrected chi connectivity index (χ2v) is 4.57. The summed E-state index contributed by atoms with van der Waals surface area (Å²) in [5, 5.41) is 5.67. The molecule has 0 atom stereocenters. The van der Waals surface area contributed by atoms with E-state index >= 15 is 0 Å². The molecule has 0 saturated carbocycles. The van der Waals surface area contributed by atoms with Gasteiger partial charge in [-0.1, -0.05) is 18.2 Å². The van der Waals surface area contributed by atoms with Crippen LogP contribution in [0.1, 0.15) is 12.0 Å². The van der Waals surface area contributed by atoms with Crippen molar-refractivity contribution in [2.75, 3.05) is 11.9 Å². The molecule has 0 aliphatic rings. The molecule has 0 fully saturated rings. The van der Waals surface area contributed by atoms with Crippen LogP contribution in [-0.2, 0) is 11.3 Å². The van der Waals surface area contributed by atoms with Crippen molar-refractivity contribution in [2.24, 2.45) is 0 Å². The van der Waals surface area contributed by atoms with Gasteiger partial charge in [0.15, 0.2) is 0 Å². The molecule has 5 heteroatoms. The molecular weight excluding hydrogens is 274 g/mol. The van der Waals surface area contributed by atoms with Crippen molar-refractivity contribution >= 4 is 11.6 Å². The molecule has 2 N–H and O–H groups in total. The van der Waals surface area contributed by atoms with Gasteiger partial charge in [0, 0.05) is 30.8 Å². The fourth-order valence-corrected chi connectivity index (χ4v) is 1.82. The van der Waals surface area contributed by atoms with Gasteiger partial charge in [0.05, 0.1) is 0 Å². The number of halogens is 2. The molecule has 2 rings (SSSR count). The van der Waals surface area contributed by atoms with E-state index in [0.717, 1.165) is 0 Å². The van der Waals surface area contributed by atoms with Crippen molar-refractivity contribution < 1.29 is 13.6 Å². The average molecular weight is 290 g/mol. The van der Waals surface area contributed by atoms with Gasteiger partial charge in [0.25, 0.3) is 0 Å². The first-order chi connectivity index (χ1) is 10.1. The molecule has 0 aromatic heterocycles. The first-order valence-corrected chi connectivity index (χ1v) is 6.65. The first kappa shape index (κ1) is 15.1. The highest BCUT2D eigenvalue weighted by molar-refractivity contribution is 5.90. The third kappa shape index (κ3) is 4.96. The minimum absolute atomic E-state index is 0.178. The maximum Gasteiger partial charge on any atom is 0.225 e. The topological polar surface area (TPSA) is 41.1 Å². The van der Waals surface area contributed by atoms with Gasteiger partial charge in [-0.3, -0.25) is 4.79 Å². The SMILES string of the molecule is O=C(CCNCc1ccccc1F)Nc1ccc(F)cc1. The van der Waals surface area contributed by atoms with Gasteiger partial charge in [0.2, 0.25) is 5.91 Å². The van der Waals surface area contributed by atoms with Gasteiger partial charge >= 0.3 is 0 Å². The largest absolute Gasteiger partial charge is 0.326 e. The predicted octanol–water partition coefficient (Wildman–Crippen LogP) is 3.08. The van der Waals surface area contributed by atoms with E-state index in [2.05, 4.69) is 10.6 Å². The molecule has 21 heavy (non-hydrogen) atoms. The number of carbonyl (C=O) groups is 1. The van der Waals surface area contributed by atoms with Crippen molar-refractivity contribution in [3.05, 3.63) is 65.7 Å². The lowest BCUT2D eigenvalue weighted by molar-refractivity contribution is -0.116. The van der Waals surface area contributed by atoms with Crippen LogP contribution < -0.4 is 10.6 Å². The number of hydrogen-bond donors (Lipinski definition) is 2. The van der Waals surface area contributed by atoms with E-state index in [1.807, 2.05) is 0 Å². The molecule has 0 radical (unpaired) electrons. The van der Waals surface area contributed by atoms with E-state index in [0.29, 0.717) is 24.3 Å². The van der Waals surface area contributed by atoms with Crippen molar-refractivity contribution in [3.8, 4) is 0 Å². The Labute approximate surface area is 122 Å². The van der Waals surface area contributed by atoms with Gasteiger partial charge in [0.1, 0.15) is 11.6 Å². The van der Waals surface area contributed by atoms with Crippen LogP contribution >= 0.6 is 0 Å². The highest BCUT2D eigenvalue weighted by Gasteiger charge is 2.03.